The molecule has 2 aromatic carbocycles. The fraction of sp³-hybridized carbons (Fsp3) is 0.300. The normalized spacial score (nSPS) is 11.8. The number of hydrogen-bond acceptors (Lipinski definition) is 3. The number of fused-ring (bicyclic) bond motifs is 1. The number of rotatable bonds is 4. The van der Waals surface area contributed by atoms with E-state index in [0.29, 0.717) is 6.61 Å². The number of hydrogen-bond donors (Lipinski definition) is 1. The Morgan fingerprint density at radius 3 is 2.35 bits per heavy atom. The summed E-state index contributed by atoms with van der Waals surface area (Å²) in [5.74, 6) is 1.75. The van der Waals surface area contributed by atoms with E-state index in [9.17, 15) is 0 Å². The summed E-state index contributed by atoms with van der Waals surface area (Å²) in [5.41, 5.74) is 3.08. The molecule has 0 fully saturated rings. The highest BCUT2D eigenvalue weighted by Crippen LogP contribution is 2.41. The summed E-state index contributed by atoms with van der Waals surface area (Å²) in [5, 5.41) is 9.97. The Labute approximate surface area is 136 Å². The largest absolute Gasteiger partial charge is 0.491 e. The van der Waals surface area contributed by atoms with Gasteiger partial charge in [0, 0.05) is 16.4 Å². The minimum Gasteiger partial charge on any atom is -0.491 e. The van der Waals surface area contributed by atoms with E-state index in [1.54, 1.807) is 0 Å². The van der Waals surface area contributed by atoms with Gasteiger partial charge in [-0.25, -0.2) is 0 Å². The van der Waals surface area contributed by atoms with Crippen molar-refractivity contribution in [3.8, 4) is 16.9 Å². The molecule has 3 nitrogen and oxygen atoms in total. The molecular formula is C20H22O3. The summed E-state index contributed by atoms with van der Waals surface area (Å²) < 4.78 is 11.6. The quantitative estimate of drug-likeness (QED) is 0.755. The van der Waals surface area contributed by atoms with Gasteiger partial charge in [0.05, 0.1) is 6.61 Å². The lowest BCUT2D eigenvalue weighted by molar-refractivity contribution is 0.201. The zero-order chi connectivity index (χ0) is 16.4. The molecule has 23 heavy (non-hydrogen) atoms. The number of para-hydroxylation sites is 1. The van der Waals surface area contributed by atoms with Crippen molar-refractivity contribution in [2.75, 3.05) is 13.2 Å². The highest BCUT2D eigenvalue weighted by atomic mass is 16.5. The molecule has 3 aromatic rings. The number of furan rings is 1. The molecule has 0 aliphatic rings. The Hall–Kier alpha value is -2.26. The zero-order valence-electron chi connectivity index (χ0n) is 13.8. The van der Waals surface area contributed by atoms with Crippen molar-refractivity contribution in [3.05, 3.63) is 54.3 Å². The van der Waals surface area contributed by atoms with Crippen LogP contribution in [0.4, 0.5) is 0 Å². The van der Waals surface area contributed by atoms with E-state index >= 15 is 0 Å². The maximum atomic E-state index is 8.84. The summed E-state index contributed by atoms with van der Waals surface area (Å²) in [6.45, 7) is 6.80. The summed E-state index contributed by atoms with van der Waals surface area (Å²) in [7, 11) is 0. The second-order valence-corrected chi connectivity index (χ2v) is 6.65. The van der Waals surface area contributed by atoms with Crippen LogP contribution in [0.25, 0.3) is 22.1 Å². The lowest BCUT2D eigenvalue weighted by atomic mass is 9.87. The van der Waals surface area contributed by atoms with Gasteiger partial charge in [0.2, 0.25) is 0 Å². The first-order chi connectivity index (χ1) is 11.0. The minimum absolute atomic E-state index is 0.0162. The van der Waals surface area contributed by atoms with Crippen molar-refractivity contribution in [1.29, 1.82) is 0 Å². The first kappa shape index (κ1) is 15.6. The molecule has 0 atom stereocenters. The van der Waals surface area contributed by atoms with Crippen LogP contribution in [-0.4, -0.2) is 18.3 Å². The summed E-state index contributed by atoms with van der Waals surface area (Å²) in [6, 6.07) is 16.1. The van der Waals surface area contributed by atoms with Crippen LogP contribution in [0.3, 0.4) is 0 Å². The molecule has 1 N–H and O–H groups in total. The summed E-state index contributed by atoms with van der Waals surface area (Å²) in [6.07, 6.45) is 0. The average Bonchev–Trinajstić information content (AvgIpc) is 2.93. The average molecular weight is 310 g/mol. The van der Waals surface area contributed by atoms with E-state index in [-0.39, 0.29) is 12.0 Å². The van der Waals surface area contributed by atoms with E-state index in [1.807, 2.05) is 42.5 Å². The molecule has 0 unspecified atom stereocenters. The second kappa shape index (κ2) is 6.09. The SMILES string of the molecule is CC(C)(C)c1oc2ccccc2c1-c1ccc(OCCO)cc1. The van der Waals surface area contributed by atoms with Gasteiger partial charge in [0.25, 0.3) is 0 Å². The summed E-state index contributed by atoms with van der Waals surface area (Å²) >= 11 is 0. The van der Waals surface area contributed by atoms with E-state index in [4.69, 9.17) is 14.3 Å². The molecule has 1 heterocycles. The molecule has 0 amide bonds. The number of aliphatic hydroxyl groups excluding tert-OH is 1. The lowest BCUT2D eigenvalue weighted by Gasteiger charge is -2.17. The van der Waals surface area contributed by atoms with Crippen molar-refractivity contribution in [2.45, 2.75) is 26.2 Å². The fourth-order valence-electron chi connectivity index (χ4n) is 2.74. The third-order valence-electron chi connectivity index (χ3n) is 3.78. The van der Waals surface area contributed by atoms with E-state index in [2.05, 4.69) is 26.8 Å². The van der Waals surface area contributed by atoms with E-state index in [1.165, 1.54) is 0 Å². The Morgan fingerprint density at radius 2 is 1.70 bits per heavy atom. The van der Waals surface area contributed by atoms with Crippen molar-refractivity contribution in [3.63, 3.8) is 0 Å². The standard InChI is InChI=1S/C20H22O3/c1-20(2,3)19-18(16-6-4-5-7-17(16)23-19)14-8-10-15(11-9-14)22-13-12-21/h4-11,21H,12-13H2,1-3H3. The van der Waals surface area contributed by atoms with Crippen molar-refractivity contribution in [2.24, 2.45) is 0 Å². The minimum atomic E-state index is -0.0829. The third kappa shape index (κ3) is 3.10. The van der Waals surface area contributed by atoms with Gasteiger partial charge in [-0.15, -0.1) is 0 Å². The van der Waals surface area contributed by atoms with E-state index in [0.717, 1.165) is 33.6 Å². The molecule has 0 spiro atoms. The van der Waals surface area contributed by atoms with Crippen LogP contribution in [0.5, 0.6) is 5.75 Å². The van der Waals surface area contributed by atoms with E-state index < -0.39 is 0 Å². The van der Waals surface area contributed by atoms with Crippen molar-refractivity contribution >= 4 is 11.0 Å². The molecular weight excluding hydrogens is 288 g/mol. The first-order valence-corrected chi connectivity index (χ1v) is 7.87. The highest BCUT2D eigenvalue weighted by Gasteiger charge is 2.25. The van der Waals surface area contributed by atoms with Crippen molar-refractivity contribution < 1.29 is 14.3 Å². The van der Waals surface area contributed by atoms with Gasteiger partial charge in [-0.3, -0.25) is 0 Å². The molecule has 0 aliphatic carbocycles. The smallest absolute Gasteiger partial charge is 0.134 e. The molecule has 0 saturated carbocycles. The Bertz CT molecular complexity index is 792. The molecule has 0 aliphatic heterocycles. The fourth-order valence-corrected chi connectivity index (χ4v) is 2.74. The second-order valence-electron chi connectivity index (χ2n) is 6.65. The Morgan fingerprint density at radius 1 is 1.00 bits per heavy atom. The molecule has 0 radical (unpaired) electrons. The van der Waals surface area contributed by atoms with Gasteiger partial charge in [0.1, 0.15) is 23.7 Å². The first-order valence-electron chi connectivity index (χ1n) is 7.87. The molecule has 3 rings (SSSR count). The van der Waals surface area contributed by atoms with Crippen LogP contribution < -0.4 is 4.74 Å². The van der Waals surface area contributed by atoms with Crippen LogP contribution in [0.1, 0.15) is 26.5 Å². The Balaban J connectivity index is 2.11. The molecule has 1 aromatic heterocycles. The number of benzene rings is 2. The van der Waals surface area contributed by atoms with Crippen LogP contribution in [0, 0.1) is 0 Å². The molecule has 3 heteroatoms. The van der Waals surface area contributed by atoms with Crippen LogP contribution in [0.15, 0.2) is 52.9 Å². The van der Waals surface area contributed by atoms with Gasteiger partial charge in [-0.2, -0.15) is 0 Å². The summed E-state index contributed by atoms with van der Waals surface area (Å²) in [4.78, 5) is 0. The zero-order valence-corrected chi connectivity index (χ0v) is 13.8. The Kier molecular flexibility index (Phi) is 4.14. The maximum absolute atomic E-state index is 8.84. The monoisotopic (exact) mass is 310 g/mol. The predicted molar refractivity (Wildman–Crippen MR) is 92.9 cm³/mol. The van der Waals surface area contributed by atoms with Crippen LogP contribution in [0.2, 0.25) is 0 Å². The van der Waals surface area contributed by atoms with Gasteiger partial charge in [0.15, 0.2) is 0 Å². The molecule has 0 bridgehead atoms. The number of aliphatic hydroxyl groups is 1. The highest BCUT2D eigenvalue weighted by molar-refractivity contribution is 5.96. The maximum Gasteiger partial charge on any atom is 0.134 e. The van der Waals surface area contributed by atoms with Gasteiger partial charge < -0.3 is 14.3 Å². The molecule has 120 valence electrons. The van der Waals surface area contributed by atoms with Crippen LogP contribution in [-0.2, 0) is 5.41 Å². The predicted octanol–water partition coefficient (Wildman–Crippen LogP) is 4.77. The van der Waals surface area contributed by atoms with Gasteiger partial charge >= 0.3 is 0 Å². The molecule has 0 saturated heterocycles. The lowest BCUT2D eigenvalue weighted by Crippen LogP contribution is -2.11. The van der Waals surface area contributed by atoms with Gasteiger partial charge in [-0.05, 0) is 23.8 Å². The topological polar surface area (TPSA) is 42.6 Å². The van der Waals surface area contributed by atoms with Crippen molar-refractivity contribution in [1.82, 2.24) is 0 Å². The third-order valence-corrected chi connectivity index (χ3v) is 3.78. The van der Waals surface area contributed by atoms with Gasteiger partial charge in [-0.1, -0.05) is 51.1 Å². The van der Waals surface area contributed by atoms with Crippen LogP contribution >= 0.6 is 0 Å². The number of ether oxygens (including phenoxy) is 1.